The topological polar surface area (TPSA) is 27.1 Å². The number of methoxy groups -OCH3 is 1. The van der Waals surface area contributed by atoms with Crippen LogP contribution in [0.2, 0.25) is 0 Å². The van der Waals surface area contributed by atoms with Gasteiger partial charge in [-0.1, -0.05) is 103 Å². The summed E-state index contributed by atoms with van der Waals surface area (Å²) < 4.78 is 7.51. The summed E-state index contributed by atoms with van der Waals surface area (Å²) in [6.07, 6.45) is 2.07. The Morgan fingerprint density at radius 2 is 1.16 bits per heavy atom. The second kappa shape index (κ2) is 8.56. The molecule has 0 saturated carbocycles. The molecule has 0 radical (unpaired) electrons. The number of nitrogens with zero attached hydrogens (tertiary/aromatic N) is 2. The van der Waals surface area contributed by atoms with E-state index >= 15 is 0 Å². The van der Waals surface area contributed by atoms with Crippen LogP contribution in [0.5, 0.6) is 5.75 Å². The van der Waals surface area contributed by atoms with Crippen molar-refractivity contribution in [3.63, 3.8) is 0 Å². The van der Waals surface area contributed by atoms with Crippen LogP contribution in [-0.4, -0.2) is 16.9 Å². The molecule has 3 heteroatoms. The van der Waals surface area contributed by atoms with Crippen molar-refractivity contribution >= 4 is 0 Å². The standard InChI is InChI=1S/C29H24N2O/c1-32-27-19-11-12-23(22-27)28-20-21-31(30-28)29(24-13-5-2-6-14-24,25-15-7-3-8-16-25)26-17-9-4-10-18-26/h2-22H,1H3. The molecule has 0 saturated heterocycles. The summed E-state index contributed by atoms with van der Waals surface area (Å²) in [7, 11) is 1.68. The molecule has 0 spiro atoms. The van der Waals surface area contributed by atoms with Gasteiger partial charge >= 0.3 is 0 Å². The minimum atomic E-state index is -0.610. The van der Waals surface area contributed by atoms with Crippen molar-refractivity contribution in [1.29, 1.82) is 0 Å². The van der Waals surface area contributed by atoms with Crippen LogP contribution in [0.1, 0.15) is 16.7 Å². The lowest BCUT2D eigenvalue weighted by Crippen LogP contribution is -2.38. The third-order valence-electron chi connectivity index (χ3n) is 5.87. The van der Waals surface area contributed by atoms with E-state index in [1.807, 2.05) is 18.2 Å². The molecule has 0 bridgehead atoms. The molecule has 4 aromatic carbocycles. The van der Waals surface area contributed by atoms with Crippen molar-refractivity contribution in [3.05, 3.63) is 144 Å². The predicted molar refractivity (Wildman–Crippen MR) is 129 cm³/mol. The number of benzene rings is 4. The molecule has 1 heterocycles. The van der Waals surface area contributed by atoms with Crippen molar-refractivity contribution < 1.29 is 4.74 Å². The molecule has 0 fully saturated rings. The first kappa shape index (κ1) is 19.8. The van der Waals surface area contributed by atoms with E-state index in [0.29, 0.717) is 0 Å². The Morgan fingerprint density at radius 3 is 1.66 bits per heavy atom. The van der Waals surface area contributed by atoms with Crippen LogP contribution in [-0.2, 0) is 5.54 Å². The highest BCUT2D eigenvalue weighted by Gasteiger charge is 2.39. The minimum absolute atomic E-state index is 0.610. The van der Waals surface area contributed by atoms with Gasteiger partial charge < -0.3 is 4.74 Å². The molecule has 0 aliphatic rings. The van der Waals surface area contributed by atoms with Gasteiger partial charge in [0, 0.05) is 11.8 Å². The highest BCUT2D eigenvalue weighted by Crippen LogP contribution is 2.40. The number of ether oxygens (including phenoxy) is 1. The summed E-state index contributed by atoms with van der Waals surface area (Å²) >= 11 is 0. The molecule has 5 rings (SSSR count). The lowest BCUT2D eigenvalue weighted by Gasteiger charge is -2.36. The fourth-order valence-electron chi connectivity index (χ4n) is 4.38. The number of rotatable bonds is 6. The molecule has 0 aliphatic heterocycles. The van der Waals surface area contributed by atoms with Gasteiger partial charge in [0.25, 0.3) is 0 Å². The molecular weight excluding hydrogens is 392 g/mol. The molecule has 3 nitrogen and oxygen atoms in total. The zero-order valence-corrected chi connectivity index (χ0v) is 17.9. The number of aromatic nitrogens is 2. The highest BCUT2D eigenvalue weighted by molar-refractivity contribution is 5.61. The van der Waals surface area contributed by atoms with Crippen LogP contribution in [0.15, 0.2) is 128 Å². The summed E-state index contributed by atoms with van der Waals surface area (Å²) in [6, 6.07) is 41.8. The summed E-state index contributed by atoms with van der Waals surface area (Å²) in [5.74, 6) is 0.817. The van der Waals surface area contributed by atoms with Crippen molar-refractivity contribution in [3.8, 4) is 17.0 Å². The van der Waals surface area contributed by atoms with Gasteiger partial charge in [-0.3, -0.25) is 4.68 Å². The fourth-order valence-corrected chi connectivity index (χ4v) is 4.38. The zero-order chi connectivity index (χ0) is 21.8. The van der Waals surface area contributed by atoms with E-state index < -0.39 is 5.54 Å². The van der Waals surface area contributed by atoms with Gasteiger partial charge in [-0.15, -0.1) is 0 Å². The molecule has 32 heavy (non-hydrogen) atoms. The molecule has 5 aromatic rings. The van der Waals surface area contributed by atoms with Crippen molar-refractivity contribution in [2.24, 2.45) is 0 Å². The van der Waals surface area contributed by atoms with Crippen LogP contribution in [0.25, 0.3) is 11.3 Å². The van der Waals surface area contributed by atoms with E-state index in [1.54, 1.807) is 7.11 Å². The quantitative estimate of drug-likeness (QED) is 0.300. The van der Waals surface area contributed by atoms with Crippen LogP contribution >= 0.6 is 0 Å². The lowest BCUT2D eigenvalue weighted by molar-refractivity contribution is 0.415. The summed E-state index contributed by atoms with van der Waals surface area (Å²) in [4.78, 5) is 0. The SMILES string of the molecule is COc1cccc(-c2ccn(C(c3ccccc3)(c3ccccc3)c3ccccc3)n2)c1. The average Bonchev–Trinajstić information content (AvgIpc) is 3.37. The second-order valence-corrected chi connectivity index (χ2v) is 7.69. The van der Waals surface area contributed by atoms with E-state index in [0.717, 1.165) is 33.7 Å². The van der Waals surface area contributed by atoms with E-state index in [-0.39, 0.29) is 0 Å². The lowest BCUT2D eigenvalue weighted by atomic mass is 9.77. The third-order valence-corrected chi connectivity index (χ3v) is 5.87. The van der Waals surface area contributed by atoms with Gasteiger partial charge in [-0.2, -0.15) is 5.10 Å². The fraction of sp³-hybridized carbons (Fsp3) is 0.0690. The maximum Gasteiger partial charge on any atom is 0.138 e. The predicted octanol–water partition coefficient (Wildman–Crippen LogP) is 6.40. The van der Waals surface area contributed by atoms with Gasteiger partial charge in [0.2, 0.25) is 0 Å². The second-order valence-electron chi connectivity index (χ2n) is 7.69. The van der Waals surface area contributed by atoms with Crippen LogP contribution in [0.3, 0.4) is 0 Å². The van der Waals surface area contributed by atoms with Gasteiger partial charge in [0.05, 0.1) is 12.8 Å². The molecule has 0 atom stereocenters. The van der Waals surface area contributed by atoms with Gasteiger partial charge in [0.1, 0.15) is 11.3 Å². The Balaban J connectivity index is 1.79. The Bertz CT molecular complexity index is 1200. The molecule has 0 amide bonds. The van der Waals surface area contributed by atoms with Gasteiger partial charge in [0.15, 0.2) is 0 Å². The van der Waals surface area contributed by atoms with Crippen LogP contribution < -0.4 is 4.74 Å². The van der Waals surface area contributed by atoms with E-state index in [9.17, 15) is 0 Å². The maximum atomic E-state index is 5.42. The molecule has 0 N–H and O–H groups in total. The van der Waals surface area contributed by atoms with Crippen LogP contribution in [0, 0.1) is 0 Å². The molecule has 0 aliphatic carbocycles. The number of hydrogen-bond acceptors (Lipinski definition) is 2. The Morgan fingerprint density at radius 1 is 0.625 bits per heavy atom. The largest absolute Gasteiger partial charge is 0.497 e. The molecule has 156 valence electrons. The third kappa shape index (κ3) is 3.38. The molecular formula is C29H24N2O. The molecule has 0 unspecified atom stereocenters. The maximum absolute atomic E-state index is 5.42. The van der Waals surface area contributed by atoms with E-state index in [4.69, 9.17) is 9.84 Å². The average molecular weight is 417 g/mol. The van der Waals surface area contributed by atoms with Gasteiger partial charge in [-0.25, -0.2) is 0 Å². The number of hydrogen-bond donors (Lipinski definition) is 0. The van der Waals surface area contributed by atoms with E-state index in [1.165, 1.54) is 0 Å². The molecule has 1 aromatic heterocycles. The highest BCUT2D eigenvalue weighted by atomic mass is 16.5. The first-order chi connectivity index (χ1) is 15.8. The van der Waals surface area contributed by atoms with Crippen molar-refractivity contribution in [1.82, 2.24) is 9.78 Å². The normalized spacial score (nSPS) is 11.3. The van der Waals surface area contributed by atoms with Crippen molar-refractivity contribution in [2.75, 3.05) is 7.11 Å². The Kier molecular flexibility index (Phi) is 5.30. The minimum Gasteiger partial charge on any atom is -0.497 e. The van der Waals surface area contributed by atoms with Gasteiger partial charge in [-0.05, 0) is 34.9 Å². The summed E-state index contributed by atoms with van der Waals surface area (Å²) in [5.41, 5.74) is 4.76. The first-order valence-corrected chi connectivity index (χ1v) is 10.7. The smallest absolute Gasteiger partial charge is 0.138 e. The monoisotopic (exact) mass is 416 g/mol. The summed E-state index contributed by atoms with van der Waals surface area (Å²) in [5, 5.41) is 5.12. The Hall–Kier alpha value is -4.11. The first-order valence-electron chi connectivity index (χ1n) is 10.7. The zero-order valence-electron chi connectivity index (χ0n) is 17.9. The van der Waals surface area contributed by atoms with E-state index in [2.05, 4.69) is 114 Å². The Labute approximate surface area is 188 Å². The van der Waals surface area contributed by atoms with Crippen LogP contribution in [0.4, 0.5) is 0 Å². The van der Waals surface area contributed by atoms with Crippen molar-refractivity contribution in [2.45, 2.75) is 5.54 Å². The summed E-state index contributed by atoms with van der Waals surface area (Å²) in [6.45, 7) is 0.